The topological polar surface area (TPSA) is 91.6 Å². The second-order valence-corrected chi connectivity index (χ2v) is 4.70. The lowest BCUT2D eigenvalue weighted by atomic mass is 10.1. The number of aliphatic hydroxyl groups is 1. The van der Waals surface area contributed by atoms with E-state index >= 15 is 0 Å². The van der Waals surface area contributed by atoms with E-state index in [1.54, 1.807) is 6.07 Å². The fourth-order valence-corrected chi connectivity index (χ4v) is 1.80. The Morgan fingerprint density at radius 2 is 2.00 bits per heavy atom. The summed E-state index contributed by atoms with van der Waals surface area (Å²) in [5.74, 6) is -3.86. The van der Waals surface area contributed by atoms with Crippen LogP contribution in [0.2, 0.25) is 0 Å². The molecule has 0 bridgehead atoms. The Hall–Kier alpha value is -2.74. The maximum absolute atomic E-state index is 13.4. The number of nitrogens with one attached hydrogen (secondary N) is 2. The lowest BCUT2D eigenvalue weighted by Gasteiger charge is -2.10. The van der Waals surface area contributed by atoms with Crippen molar-refractivity contribution in [2.45, 2.75) is 12.5 Å². The highest BCUT2D eigenvalue weighted by atomic mass is 19.1. The van der Waals surface area contributed by atoms with E-state index in [2.05, 4.69) is 5.32 Å². The number of furan rings is 1. The average Bonchev–Trinajstić information content (AvgIpc) is 3.04. The molecule has 0 aliphatic carbocycles. The largest absolute Gasteiger partial charge is 0.472 e. The molecular formula is C15H14F2N2O4. The number of hydrogen-bond acceptors (Lipinski definition) is 4. The molecule has 6 nitrogen and oxygen atoms in total. The van der Waals surface area contributed by atoms with Crippen LogP contribution in [0.4, 0.5) is 14.5 Å². The Bertz CT molecular complexity index is 689. The van der Waals surface area contributed by atoms with E-state index in [-0.39, 0.29) is 18.7 Å². The number of rotatable bonds is 5. The fraction of sp³-hybridized carbons (Fsp3) is 0.200. The molecule has 0 aliphatic rings. The zero-order valence-corrected chi connectivity index (χ0v) is 11.9. The molecule has 0 saturated heterocycles. The van der Waals surface area contributed by atoms with Crippen molar-refractivity contribution in [3.8, 4) is 0 Å². The molecule has 122 valence electrons. The molecule has 3 N–H and O–H groups in total. The molecule has 1 aromatic carbocycles. The van der Waals surface area contributed by atoms with Crippen LogP contribution < -0.4 is 10.6 Å². The van der Waals surface area contributed by atoms with E-state index in [1.165, 1.54) is 12.5 Å². The number of aliphatic hydroxyl groups excluding tert-OH is 1. The van der Waals surface area contributed by atoms with Gasteiger partial charge in [-0.15, -0.1) is 0 Å². The predicted octanol–water partition coefficient (Wildman–Crippen LogP) is 1.74. The van der Waals surface area contributed by atoms with Crippen molar-refractivity contribution in [3.63, 3.8) is 0 Å². The molecule has 0 radical (unpaired) electrons. The van der Waals surface area contributed by atoms with Gasteiger partial charge in [-0.3, -0.25) is 9.59 Å². The van der Waals surface area contributed by atoms with Gasteiger partial charge in [-0.1, -0.05) is 0 Å². The van der Waals surface area contributed by atoms with Crippen molar-refractivity contribution >= 4 is 17.5 Å². The summed E-state index contributed by atoms with van der Waals surface area (Å²) in [7, 11) is 0. The van der Waals surface area contributed by atoms with Gasteiger partial charge < -0.3 is 20.2 Å². The molecule has 23 heavy (non-hydrogen) atoms. The van der Waals surface area contributed by atoms with Crippen LogP contribution in [0, 0.1) is 11.6 Å². The smallest absolute Gasteiger partial charge is 0.313 e. The third kappa shape index (κ3) is 4.62. The first-order valence-electron chi connectivity index (χ1n) is 6.72. The predicted molar refractivity (Wildman–Crippen MR) is 76.3 cm³/mol. The molecule has 1 heterocycles. The third-order valence-corrected chi connectivity index (χ3v) is 3.02. The van der Waals surface area contributed by atoms with Gasteiger partial charge in [-0.05, 0) is 24.6 Å². The van der Waals surface area contributed by atoms with Crippen molar-refractivity contribution in [3.05, 3.63) is 54.0 Å². The van der Waals surface area contributed by atoms with E-state index in [1.807, 2.05) is 5.32 Å². The van der Waals surface area contributed by atoms with Crippen LogP contribution >= 0.6 is 0 Å². The molecule has 1 atom stereocenters. The van der Waals surface area contributed by atoms with Crippen molar-refractivity contribution in [2.75, 3.05) is 11.9 Å². The minimum atomic E-state index is -1.09. The number of halogens is 2. The van der Waals surface area contributed by atoms with Crippen molar-refractivity contribution in [1.82, 2.24) is 5.32 Å². The molecule has 0 spiro atoms. The van der Waals surface area contributed by atoms with Crippen LogP contribution in [0.15, 0.2) is 41.2 Å². The Labute approximate surface area is 130 Å². The van der Waals surface area contributed by atoms with Crippen molar-refractivity contribution in [2.24, 2.45) is 0 Å². The van der Waals surface area contributed by atoms with Crippen molar-refractivity contribution < 1.29 is 27.9 Å². The van der Waals surface area contributed by atoms with E-state index in [9.17, 15) is 23.5 Å². The standard InChI is InChI=1S/C15H14F2N2O4/c16-10-1-2-12(11(17)7-10)19-15(22)14(21)18-5-3-13(20)9-4-6-23-8-9/h1-2,4,6-8,13,20H,3,5H2,(H,18,21)(H,19,22)/t13-/m1/s1. The van der Waals surface area contributed by atoms with Gasteiger partial charge in [0, 0.05) is 18.2 Å². The van der Waals surface area contributed by atoms with Gasteiger partial charge in [0.2, 0.25) is 0 Å². The first-order chi connectivity index (χ1) is 11.0. The van der Waals surface area contributed by atoms with E-state index in [0.717, 1.165) is 12.1 Å². The molecule has 2 amide bonds. The summed E-state index contributed by atoms with van der Waals surface area (Å²) in [4.78, 5) is 23.2. The van der Waals surface area contributed by atoms with Gasteiger partial charge in [0.1, 0.15) is 11.6 Å². The Balaban J connectivity index is 1.80. The maximum Gasteiger partial charge on any atom is 0.313 e. The zero-order valence-electron chi connectivity index (χ0n) is 11.9. The Kier molecular flexibility index (Phi) is 5.42. The number of carbonyl (C=O) groups is 2. The number of hydrogen-bond donors (Lipinski definition) is 3. The van der Waals surface area contributed by atoms with Gasteiger partial charge >= 0.3 is 11.8 Å². The molecule has 2 aromatic rings. The number of amides is 2. The molecule has 0 fully saturated rings. The maximum atomic E-state index is 13.4. The van der Waals surface area contributed by atoms with E-state index in [4.69, 9.17) is 4.42 Å². The summed E-state index contributed by atoms with van der Waals surface area (Å²) < 4.78 is 30.9. The zero-order chi connectivity index (χ0) is 16.8. The molecule has 1 aromatic heterocycles. The Morgan fingerprint density at radius 1 is 1.22 bits per heavy atom. The van der Waals surface area contributed by atoms with Gasteiger partial charge in [-0.2, -0.15) is 0 Å². The average molecular weight is 324 g/mol. The highest BCUT2D eigenvalue weighted by molar-refractivity contribution is 6.39. The molecule has 0 saturated carbocycles. The van der Waals surface area contributed by atoms with Gasteiger partial charge in [0.25, 0.3) is 0 Å². The monoisotopic (exact) mass is 324 g/mol. The summed E-state index contributed by atoms with van der Waals surface area (Å²) in [5, 5.41) is 14.1. The lowest BCUT2D eigenvalue weighted by Crippen LogP contribution is -2.36. The minimum absolute atomic E-state index is 0.0322. The minimum Gasteiger partial charge on any atom is -0.472 e. The summed E-state index contributed by atoms with van der Waals surface area (Å²) in [6.45, 7) is 0.0322. The molecule has 0 aliphatic heterocycles. The molecular weight excluding hydrogens is 310 g/mol. The summed E-state index contributed by atoms with van der Waals surface area (Å²) in [6.07, 6.45) is 2.11. The van der Waals surface area contributed by atoms with Gasteiger partial charge in [0.05, 0.1) is 24.3 Å². The molecule has 2 rings (SSSR count). The van der Waals surface area contributed by atoms with E-state index in [0.29, 0.717) is 11.6 Å². The van der Waals surface area contributed by atoms with Crippen LogP contribution in [0.3, 0.4) is 0 Å². The molecule has 8 heteroatoms. The van der Waals surface area contributed by atoms with Crippen LogP contribution in [-0.2, 0) is 9.59 Å². The first-order valence-corrected chi connectivity index (χ1v) is 6.72. The van der Waals surface area contributed by atoms with Crippen LogP contribution in [0.1, 0.15) is 18.1 Å². The number of benzene rings is 1. The lowest BCUT2D eigenvalue weighted by molar-refractivity contribution is -0.136. The van der Waals surface area contributed by atoms with Crippen molar-refractivity contribution in [1.29, 1.82) is 0 Å². The number of anilines is 1. The second-order valence-electron chi connectivity index (χ2n) is 4.70. The van der Waals surface area contributed by atoms with Crippen LogP contribution in [0.5, 0.6) is 0 Å². The Morgan fingerprint density at radius 3 is 2.65 bits per heavy atom. The quantitative estimate of drug-likeness (QED) is 0.731. The highest BCUT2D eigenvalue weighted by Gasteiger charge is 2.16. The number of carbonyl (C=O) groups excluding carboxylic acids is 2. The van der Waals surface area contributed by atoms with Crippen LogP contribution in [-0.4, -0.2) is 23.5 Å². The first kappa shape index (κ1) is 16.6. The van der Waals surface area contributed by atoms with Gasteiger partial charge in [-0.25, -0.2) is 8.78 Å². The van der Waals surface area contributed by atoms with Crippen LogP contribution in [0.25, 0.3) is 0 Å². The summed E-state index contributed by atoms with van der Waals surface area (Å²) in [5.41, 5.74) is 0.252. The SMILES string of the molecule is O=C(NCC[C@@H](O)c1ccoc1)C(=O)Nc1ccc(F)cc1F. The third-order valence-electron chi connectivity index (χ3n) is 3.02. The van der Waals surface area contributed by atoms with E-state index < -0.39 is 29.6 Å². The second kappa shape index (κ2) is 7.50. The summed E-state index contributed by atoms with van der Waals surface area (Å²) in [6, 6.07) is 4.14. The fourth-order valence-electron chi connectivity index (χ4n) is 1.80. The summed E-state index contributed by atoms with van der Waals surface area (Å²) >= 11 is 0. The highest BCUT2D eigenvalue weighted by Crippen LogP contribution is 2.16. The normalized spacial score (nSPS) is 11.8. The van der Waals surface area contributed by atoms with Gasteiger partial charge in [0.15, 0.2) is 0 Å². The molecule has 0 unspecified atom stereocenters.